The zero-order chi connectivity index (χ0) is 18.0. The van der Waals surface area contributed by atoms with Crippen molar-refractivity contribution in [3.63, 3.8) is 0 Å². The van der Waals surface area contributed by atoms with E-state index in [2.05, 4.69) is 78.1 Å². The second-order valence-corrected chi connectivity index (χ2v) is 7.66. The van der Waals surface area contributed by atoms with Crippen LogP contribution in [0, 0.1) is 13.8 Å². The summed E-state index contributed by atoms with van der Waals surface area (Å²) in [6, 6.07) is 6.58. The van der Waals surface area contributed by atoms with Crippen molar-refractivity contribution in [2.75, 3.05) is 31.1 Å². The summed E-state index contributed by atoms with van der Waals surface area (Å²) in [4.78, 5) is 4.95. The van der Waals surface area contributed by atoms with Gasteiger partial charge in [-0.1, -0.05) is 19.1 Å². The third-order valence-corrected chi connectivity index (χ3v) is 5.63. The van der Waals surface area contributed by atoms with Gasteiger partial charge in [0.15, 0.2) is 5.82 Å². The monoisotopic (exact) mass is 342 g/mol. The molecular weight excluding hydrogens is 312 g/mol. The molecule has 0 aliphatic carbocycles. The van der Waals surface area contributed by atoms with Crippen molar-refractivity contribution in [2.24, 2.45) is 0 Å². The number of piperazine rings is 1. The zero-order valence-electron chi connectivity index (χ0n) is 16.2. The average molecular weight is 342 g/mol. The lowest BCUT2D eigenvalue weighted by atomic mass is 10.0. The molecular formula is C19H30N6. The molecule has 0 atom stereocenters. The van der Waals surface area contributed by atoms with Crippen LogP contribution in [0.1, 0.15) is 44.1 Å². The molecule has 1 fully saturated rings. The van der Waals surface area contributed by atoms with E-state index >= 15 is 0 Å². The Labute approximate surface area is 150 Å². The largest absolute Gasteiger partial charge is 0.369 e. The van der Waals surface area contributed by atoms with Gasteiger partial charge in [0.25, 0.3) is 0 Å². The number of nitrogens with zero attached hydrogens (tertiary/aromatic N) is 6. The first-order chi connectivity index (χ1) is 11.9. The highest BCUT2D eigenvalue weighted by molar-refractivity contribution is 5.56. The van der Waals surface area contributed by atoms with Crippen LogP contribution in [0.5, 0.6) is 0 Å². The molecule has 0 bridgehead atoms. The van der Waals surface area contributed by atoms with Crippen LogP contribution in [0.2, 0.25) is 0 Å². The van der Waals surface area contributed by atoms with Crippen LogP contribution in [0.15, 0.2) is 18.2 Å². The number of hydrogen-bond donors (Lipinski definition) is 0. The molecule has 1 aliphatic heterocycles. The third kappa shape index (κ3) is 3.68. The molecule has 1 aliphatic rings. The fraction of sp³-hybridized carbons (Fsp3) is 0.632. The first-order valence-corrected chi connectivity index (χ1v) is 9.23. The molecule has 0 N–H and O–H groups in total. The third-order valence-electron chi connectivity index (χ3n) is 5.63. The van der Waals surface area contributed by atoms with E-state index in [1.165, 1.54) is 16.8 Å². The highest BCUT2D eigenvalue weighted by Gasteiger charge is 2.26. The van der Waals surface area contributed by atoms with Gasteiger partial charge >= 0.3 is 0 Å². The number of benzene rings is 1. The molecule has 0 saturated carbocycles. The van der Waals surface area contributed by atoms with Gasteiger partial charge in [0.1, 0.15) is 0 Å². The van der Waals surface area contributed by atoms with Gasteiger partial charge in [-0.05, 0) is 61.7 Å². The van der Waals surface area contributed by atoms with Crippen molar-refractivity contribution in [2.45, 2.75) is 53.1 Å². The number of tetrazole rings is 1. The van der Waals surface area contributed by atoms with E-state index in [0.29, 0.717) is 0 Å². The van der Waals surface area contributed by atoms with Crippen molar-refractivity contribution in [1.82, 2.24) is 25.1 Å². The molecule has 6 heteroatoms. The van der Waals surface area contributed by atoms with Crippen LogP contribution < -0.4 is 4.90 Å². The fourth-order valence-electron chi connectivity index (χ4n) is 3.35. The van der Waals surface area contributed by atoms with E-state index in [-0.39, 0.29) is 5.54 Å². The first-order valence-electron chi connectivity index (χ1n) is 9.23. The average Bonchev–Trinajstić information content (AvgIpc) is 3.07. The summed E-state index contributed by atoms with van der Waals surface area (Å²) >= 11 is 0. The SMILES string of the molecule is CCC(C)(C)n1nnnc1CN1CCN(c2cccc(C)c2C)CC1. The van der Waals surface area contributed by atoms with E-state index in [1.54, 1.807) is 0 Å². The predicted molar refractivity (Wildman–Crippen MR) is 101 cm³/mol. The molecule has 136 valence electrons. The maximum absolute atomic E-state index is 4.27. The minimum atomic E-state index is -0.0423. The van der Waals surface area contributed by atoms with Crippen molar-refractivity contribution >= 4 is 5.69 Å². The summed E-state index contributed by atoms with van der Waals surface area (Å²) in [7, 11) is 0. The maximum atomic E-state index is 4.27. The van der Waals surface area contributed by atoms with Gasteiger partial charge < -0.3 is 4.90 Å². The summed E-state index contributed by atoms with van der Waals surface area (Å²) in [6.45, 7) is 15.9. The van der Waals surface area contributed by atoms with Crippen molar-refractivity contribution in [3.05, 3.63) is 35.2 Å². The standard InChI is InChI=1S/C19H30N6/c1-6-19(4,5)25-18(20-21-22-25)14-23-10-12-24(13-11-23)17-9-7-8-15(2)16(17)3/h7-9H,6,10-14H2,1-5H3. The van der Waals surface area contributed by atoms with Gasteiger partial charge in [0, 0.05) is 31.9 Å². The Bertz CT molecular complexity index is 712. The first kappa shape index (κ1) is 17.9. The van der Waals surface area contributed by atoms with E-state index in [4.69, 9.17) is 0 Å². The zero-order valence-corrected chi connectivity index (χ0v) is 16.2. The smallest absolute Gasteiger partial charge is 0.165 e. The Balaban J connectivity index is 1.64. The maximum Gasteiger partial charge on any atom is 0.165 e. The fourth-order valence-corrected chi connectivity index (χ4v) is 3.35. The van der Waals surface area contributed by atoms with E-state index < -0.39 is 0 Å². The number of aryl methyl sites for hydroxylation is 1. The van der Waals surface area contributed by atoms with Gasteiger partial charge in [-0.3, -0.25) is 4.90 Å². The van der Waals surface area contributed by atoms with Crippen LogP contribution in [0.4, 0.5) is 5.69 Å². The molecule has 0 amide bonds. The Morgan fingerprint density at radius 3 is 2.48 bits per heavy atom. The molecule has 1 aromatic carbocycles. The highest BCUT2D eigenvalue weighted by atomic mass is 15.6. The molecule has 6 nitrogen and oxygen atoms in total. The molecule has 2 heterocycles. The van der Waals surface area contributed by atoms with E-state index in [0.717, 1.165) is 45.0 Å². The number of rotatable bonds is 5. The second kappa shape index (κ2) is 7.12. The Morgan fingerprint density at radius 2 is 1.80 bits per heavy atom. The van der Waals surface area contributed by atoms with Crippen LogP contribution in [0.3, 0.4) is 0 Å². The van der Waals surface area contributed by atoms with E-state index in [1.807, 2.05) is 4.68 Å². The van der Waals surface area contributed by atoms with Gasteiger partial charge in [-0.2, -0.15) is 0 Å². The minimum absolute atomic E-state index is 0.0423. The van der Waals surface area contributed by atoms with Crippen molar-refractivity contribution in [3.8, 4) is 0 Å². The minimum Gasteiger partial charge on any atom is -0.369 e. The molecule has 3 rings (SSSR count). The lowest BCUT2D eigenvalue weighted by Crippen LogP contribution is -2.46. The number of hydrogen-bond acceptors (Lipinski definition) is 5. The van der Waals surface area contributed by atoms with Gasteiger partial charge in [0.2, 0.25) is 0 Å². The Hall–Kier alpha value is -1.95. The lowest BCUT2D eigenvalue weighted by molar-refractivity contribution is 0.221. The molecule has 1 aromatic heterocycles. The van der Waals surface area contributed by atoms with Crippen LogP contribution in [-0.4, -0.2) is 51.3 Å². The predicted octanol–water partition coefficient (Wildman–Crippen LogP) is 2.76. The van der Waals surface area contributed by atoms with Crippen molar-refractivity contribution in [1.29, 1.82) is 0 Å². The van der Waals surface area contributed by atoms with Crippen LogP contribution >= 0.6 is 0 Å². The summed E-state index contributed by atoms with van der Waals surface area (Å²) in [5.41, 5.74) is 4.08. The summed E-state index contributed by atoms with van der Waals surface area (Å²) < 4.78 is 1.99. The van der Waals surface area contributed by atoms with Gasteiger partial charge in [-0.25, -0.2) is 4.68 Å². The second-order valence-electron chi connectivity index (χ2n) is 7.66. The molecule has 0 spiro atoms. The number of anilines is 1. The van der Waals surface area contributed by atoms with E-state index in [9.17, 15) is 0 Å². The quantitative estimate of drug-likeness (QED) is 0.836. The highest BCUT2D eigenvalue weighted by Crippen LogP contribution is 2.24. The Kier molecular flexibility index (Phi) is 5.08. The number of aromatic nitrogens is 4. The van der Waals surface area contributed by atoms with Crippen LogP contribution in [0.25, 0.3) is 0 Å². The molecule has 25 heavy (non-hydrogen) atoms. The summed E-state index contributed by atoms with van der Waals surface area (Å²) in [5, 5.41) is 12.4. The lowest BCUT2D eigenvalue weighted by Gasteiger charge is -2.37. The molecule has 2 aromatic rings. The molecule has 0 unspecified atom stereocenters. The Morgan fingerprint density at radius 1 is 1.08 bits per heavy atom. The molecule has 0 radical (unpaired) electrons. The van der Waals surface area contributed by atoms with Crippen LogP contribution in [-0.2, 0) is 12.1 Å². The van der Waals surface area contributed by atoms with Gasteiger partial charge in [-0.15, -0.1) is 5.10 Å². The molecule has 1 saturated heterocycles. The topological polar surface area (TPSA) is 50.1 Å². The normalized spacial score (nSPS) is 16.4. The van der Waals surface area contributed by atoms with Gasteiger partial charge in [0.05, 0.1) is 12.1 Å². The van der Waals surface area contributed by atoms with Crippen molar-refractivity contribution < 1.29 is 0 Å². The summed E-state index contributed by atoms with van der Waals surface area (Å²) in [5.74, 6) is 0.965. The summed E-state index contributed by atoms with van der Waals surface area (Å²) in [6.07, 6.45) is 1.01.